The number of nitro groups is 1. The molecule has 5 nitrogen and oxygen atoms in total. The van der Waals surface area contributed by atoms with E-state index in [1.807, 2.05) is 6.08 Å². The van der Waals surface area contributed by atoms with Gasteiger partial charge in [-0.2, -0.15) is 0 Å². The van der Waals surface area contributed by atoms with Crippen LogP contribution in [0.5, 0.6) is 5.75 Å². The van der Waals surface area contributed by atoms with Gasteiger partial charge in [0.15, 0.2) is 0 Å². The summed E-state index contributed by atoms with van der Waals surface area (Å²) < 4.78 is 6.73. The van der Waals surface area contributed by atoms with Crippen LogP contribution in [0.3, 0.4) is 0 Å². The minimum Gasteiger partial charge on any atom is -0.463 e. The van der Waals surface area contributed by atoms with Crippen LogP contribution in [0.2, 0.25) is 0 Å². The minimum atomic E-state index is -0.709. The molecule has 5 heteroatoms. The minimum absolute atomic E-state index is 0.0719. The zero-order valence-electron chi connectivity index (χ0n) is 17.0. The summed E-state index contributed by atoms with van der Waals surface area (Å²) in [6, 6.07) is 13.3. The molecule has 0 fully saturated rings. The molecular weight excluding hydrogens is 352 g/mol. The second-order valence-corrected chi connectivity index (χ2v) is 8.75. The SMILES string of the molecule is CCC(C)(C)N1c2ccccc2C(C)(C)C12C=Cc1cc([N+](=O)[O-])ccc1O2. The number of ether oxygens (including phenoxy) is 1. The Hall–Kier alpha value is -2.82. The van der Waals surface area contributed by atoms with Crippen molar-refractivity contribution in [1.82, 2.24) is 0 Å². The molecule has 4 rings (SSSR count). The van der Waals surface area contributed by atoms with E-state index in [-0.39, 0.29) is 21.6 Å². The molecule has 28 heavy (non-hydrogen) atoms. The van der Waals surface area contributed by atoms with Gasteiger partial charge in [-0.15, -0.1) is 0 Å². The molecule has 0 radical (unpaired) electrons. The number of nitrogens with zero attached hydrogens (tertiary/aromatic N) is 2. The Balaban J connectivity index is 1.92. The van der Waals surface area contributed by atoms with Crippen molar-refractivity contribution in [1.29, 1.82) is 0 Å². The van der Waals surface area contributed by atoms with Gasteiger partial charge in [-0.3, -0.25) is 10.1 Å². The second kappa shape index (κ2) is 5.84. The topological polar surface area (TPSA) is 55.6 Å². The monoisotopic (exact) mass is 378 g/mol. The van der Waals surface area contributed by atoms with Crippen molar-refractivity contribution >= 4 is 17.5 Å². The van der Waals surface area contributed by atoms with Gasteiger partial charge in [0, 0.05) is 28.9 Å². The maximum atomic E-state index is 11.1. The molecule has 2 aliphatic heterocycles. The number of nitro benzene ring substituents is 1. The van der Waals surface area contributed by atoms with Crippen molar-refractivity contribution in [3.8, 4) is 5.75 Å². The fourth-order valence-corrected chi connectivity index (χ4v) is 4.52. The molecule has 0 bridgehead atoms. The Morgan fingerprint density at radius 1 is 1.18 bits per heavy atom. The predicted molar refractivity (Wildman–Crippen MR) is 112 cm³/mol. The van der Waals surface area contributed by atoms with Gasteiger partial charge in [-0.1, -0.05) is 25.1 Å². The highest BCUT2D eigenvalue weighted by atomic mass is 16.6. The first-order valence-electron chi connectivity index (χ1n) is 9.70. The molecule has 146 valence electrons. The Bertz CT molecular complexity index is 993. The summed E-state index contributed by atoms with van der Waals surface area (Å²) in [5, 5.41) is 11.1. The number of rotatable bonds is 3. The van der Waals surface area contributed by atoms with Crippen LogP contribution in [-0.2, 0) is 5.41 Å². The number of fused-ring (bicyclic) bond motifs is 2. The molecule has 1 spiro atoms. The van der Waals surface area contributed by atoms with E-state index in [4.69, 9.17) is 4.74 Å². The van der Waals surface area contributed by atoms with E-state index in [1.54, 1.807) is 12.1 Å². The number of para-hydroxylation sites is 1. The number of anilines is 1. The van der Waals surface area contributed by atoms with Crippen molar-refractivity contribution in [2.45, 2.75) is 57.7 Å². The molecule has 0 N–H and O–H groups in total. The predicted octanol–water partition coefficient (Wildman–Crippen LogP) is 5.68. The van der Waals surface area contributed by atoms with Gasteiger partial charge in [0.1, 0.15) is 5.75 Å². The molecule has 1 unspecified atom stereocenters. The van der Waals surface area contributed by atoms with E-state index in [9.17, 15) is 10.1 Å². The van der Waals surface area contributed by atoms with Gasteiger partial charge in [-0.25, -0.2) is 0 Å². The molecule has 0 aliphatic carbocycles. The summed E-state index contributed by atoms with van der Waals surface area (Å²) in [4.78, 5) is 13.2. The van der Waals surface area contributed by atoms with Crippen molar-refractivity contribution in [3.05, 3.63) is 69.8 Å². The number of benzene rings is 2. The highest BCUT2D eigenvalue weighted by Crippen LogP contribution is 2.57. The van der Waals surface area contributed by atoms with Crippen LogP contribution in [-0.4, -0.2) is 16.2 Å². The summed E-state index contributed by atoms with van der Waals surface area (Å²) in [6.07, 6.45) is 5.00. The third-order valence-electron chi connectivity index (χ3n) is 6.48. The zero-order valence-corrected chi connectivity index (χ0v) is 17.0. The van der Waals surface area contributed by atoms with E-state index in [1.165, 1.54) is 17.3 Å². The Morgan fingerprint density at radius 3 is 2.57 bits per heavy atom. The summed E-state index contributed by atoms with van der Waals surface area (Å²) >= 11 is 0. The van der Waals surface area contributed by atoms with E-state index < -0.39 is 5.72 Å². The van der Waals surface area contributed by atoms with Crippen LogP contribution in [0.25, 0.3) is 6.08 Å². The fraction of sp³-hybridized carbons (Fsp3) is 0.391. The lowest BCUT2D eigenvalue weighted by Crippen LogP contribution is -2.65. The van der Waals surface area contributed by atoms with Crippen molar-refractivity contribution in [2.24, 2.45) is 0 Å². The maximum Gasteiger partial charge on any atom is 0.270 e. The van der Waals surface area contributed by atoms with Crippen LogP contribution in [0.15, 0.2) is 48.5 Å². The molecule has 2 aromatic rings. The van der Waals surface area contributed by atoms with Crippen LogP contribution in [0.4, 0.5) is 11.4 Å². The van der Waals surface area contributed by atoms with Crippen molar-refractivity contribution in [2.75, 3.05) is 4.90 Å². The molecule has 0 saturated heterocycles. The quantitative estimate of drug-likeness (QED) is 0.509. The van der Waals surface area contributed by atoms with Crippen LogP contribution in [0, 0.1) is 10.1 Å². The molecule has 2 aromatic carbocycles. The first-order chi connectivity index (χ1) is 13.1. The molecule has 0 aromatic heterocycles. The summed E-state index contributed by atoms with van der Waals surface area (Å²) in [5.74, 6) is 0.672. The lowest BCUT2D eigenvalue weighted by Gasteiger charge is -2.52. The first-order valence-corrected chi connectivity index (χ1v) is 9.70. The van der Waals surface area contributed by atoms with Gasteiger partial charge in [-0.05, 0) is 64.0 Å². The van der Waals surface area contributed by atoms with Crippen LogP contribution >= 0.6 is 0 Å². The smallest absolute Gasteiger partial charge is 0.270 e. The zero-order chi connectivity index (χ0) is 20.3. The van der Waals surface area contributed by atoms with Crippen LogP contribution in [0.1, 0.15) is 52.2 Å². The summed E-state index contributed by atoms with van der Waals surface area (Å²) in [7, 11) is 0. The largest absolute Gasteiger partial charge is 0.463 e. The standard InChI is InChI=1S/C23H26N2O3/c1-6-21(2,3)24-19-10-8-7-9-18(19)22(4,5)23(24)14-13-16-15-17(25(26)27)11-12-20(16)28-23/h7-15H,6H2,1-5H3. The van der Waals surface area contributed by atoms with E-state index >= 15 is 0 Å². The van der Waals surface area contributed by atoms with Crippen molar-refractivity contribution < 1.29 is 9.66 Å². The Labute approximate surface area is 165 Å². The number of hydrogen-bond acceptors (Lipinski definition) is 4. The van der Waals surface area contributed by atoms with Crippen molar-refractivity contribution in [3.63, 3.8) is 0 Å². The molecule has 0 amide bonds. The highest BCUT2D eigenvalue weighted by molar-refractivity contribution is 5.74. The Morgan fingerprint density at radius 2 is 1.89 bits per heavy atom. The van der Waals surface area contributed by atoms with E-state index in [2.05, 4.69) is 69.9 Å². The molecule has 2 aliphatic rings. The second-order valence-electron chi connectivity index (χ2n) is 8.75. The lowest BCUT2D eigenvalue weighted by atomic mass is 9.75. The maximum absolute atomic E-state index is 11.1. The molecule has 2 heterocycles. The lowest BCUT2D eigenvalue weighted by molar-refractivity contribution is -0.384. The normalized spacial score (nSPS) is 22.0. The van der Waals surface area contributed by atoms with Gasteiger partial charge in [0.25, 0.3) is 5.69 Å². The van der Waals surface area contributed by atoms with E-state index in [0.717, 1.165) is 12.0 Å². The van der Waals surface area contributed by atoms with Gasteiger partial charge in [0.05, 0.1) is 10.3 Å². The number of hydrogen-bond donors (Lipinski definition) is 0. The molecule has 0 saturated carbocycles. The molecule has 1 atom stereocenters. The first kappa shape index (κ1) is 18.5. The third-order valence-corrected chi connectivity index (χ3v) is 6.48. The number of non-ortho nitro benzene ring substituents is 1. The average Bonchev–Trinajstić information content (AvgIpc) is 2.86. The van der Waals surface area contributed by atoms with Gasteiger partial charge < -0.3 is 9.64 Å². The average molecular weight is 378 g/mol. The highest BCUT2D eigenvalue weighted by Gasteiger charge is 2.61. The Kier molecular flexibility index (Phi) is 3.86. The fourth-order valence-electron chi connectivity index (χ4n) is 4.52. The van der Waals surface area contributed by atoms with Crippen LogP contribution < -0.4 is 9.64 Å². The van der Waals surface area contributed by atoms with E-state index in [0.29, 0.717) is 5.75 Å². The van der Waals surface area contributed by atoms with Gasteiger partial charge >= 0.3 is 0 Å². The summed E-state index contributed by atoms with van der Waals surface area (Å²) in [5.41, 5.74) is 2.06. The third kappa shape index (κ3) is 2.32. The summed E-state index contributed by atoms with van der Waals surface area (Å²) in [6.45, 7) is 11.1. The van der Waals surface area contributed by atoms with Gasteiger partial charge in [0.2, 0.25) is 5.72 Å². The molecular formula is C23H26N2O3.